The van der Waals surface area contributed by atoms with Crippen LogP contribution in [0.5, 0.6) is 11.5 Å². The van der Waals surface area contributed by atoms with E-state index in [1.54, 1.807) is 30.3 Å². The molecule has 2 aliphatic heterocycles. The Labute approximate surface area is 254 Å². The van der Waals surface area contributed by atoms with Gasteiger partial charge in [-0.2, -0.15) is 0 Å². The average molecular weight is 620 g/mol. The van der Waals surface area contributed by atoms with Crippen molar-refractivity contribution >= 4 is 58.0 Å². The van der Waals surface area contributed by atoms with Crippen molar-refractivity contribution in [2.24, 2.45) is 0 Å². The fourth-order valence-corrected chi connectivity index (χ4v) is 6.65. The highest BCUT2D eigenvalue weighted by molar-refractivity contribution is 8.18. The van der Waals surface area contributed by atoms with Crippen molar-refractivity contribution < 1.29 is 24.0 Å². The third-order valence-corrected chi connectivity index (χ3v) is 9.15. The first-order valence-corrected chi connectivity index (χ1v) is 14.7. The molecule has 1 aromatic heterocycles. The van der Waals surface area contributed by atoms with E-state index in [1.807, 2.05) is 44.2 Å². The number of thioether (sulfide) groups is 1. The Bertz CT molecular complexity index is 1780. The highest BCUT2D eigenvalue weighted by Crippen LogP contribution is 2.40. The highest BCUT2D eigenvalue weighted by Gasteiger charge is 2.36. The zero-order valence-electron chi connectivity index (χ0n) is 22.3. The van der Waals surface area contributed by atoms with E-state index in [0.717, 1.165) is 44.2 Å². The minimum atomic E-state index is -0.415. The molecular weight excluding hydrogens is 598 g/mol. The number of hydrogen-bond donors (Lipinski definition) is 0. The highest BCUT2D eigenvalue weighted by atomic mass is 35.5. The van der Waals surface area contributed by atoms with Crippen LogP contribution in [0.4, 0.5) is 10.5 Å². The van der Waals surface area contributed by atoms with E-state index in [9.17, 15) is 19.7 Å². The number of nitrogens with zero attached hydrogens (tertiary/aromatic N) is 3. The van der Waals surface area contributed by atoms with Crippen molar-refractivity contribution in [1.29, 1.82) is 0 Å². The predicted octanol–water partition coefficient (Wildman–Crippen LogP) is 7.77. The number of aromatic nitrogens is 1. The van der Waals surface area contributed by atoms with Crippen LogP contribution in [0.2, 0.25) is 5.02 Å². The number of rotatable bonds is 7. The van der Waals surface area contributed by atoms with Gasteiger partial charge in [-0.25, -0.2) is 0 Å². The van der Waals surface area contributed by atoms with Crippen molar-refractivity contribution in [1.82, 2.24) is 9.47 Å². The number of carbonyl (C=O) groups is 2. The van der Waals surface area contributed by atoms with E-state index in [-0.39, 0.29) is 30.2 Å². The lowest BCUT2D eigenvalue weighted by molar-refractivity contribution is -0.384. The lowest BCUT2D eigenvalue weighted by atomic mass is 10.2. The first-order chi connectivity index (χ1) is 20.2. The second-order valence-corrected chi connectivity index (χ2v) is 12.1. The van der Waals surface area contributed by atoms with Crippen LogP contribution in [0.1, 0.15) is 22.5 Å². The Hall–Kier alpha value is -4.19. The van der Waals surface area contributed by atoms with Gasteiger partial charge in [0.1, 0.15) is 0 Å². The molecule has 2 aliphatic rings. The number of nitro benzene ring substituents is 1. The molecule has 0 saturated carbocycles. The molecule has 1 saturated heterocycles. The van der Waals surface area contributed by atoms with Crippen LogP contribution in [0.15, 0.2) is 81.4 Å². The summed E-state index contributed by atoms with van der Waals surface area (Å²) < 4.78 is 12.8. The molecule has 42 heavy (non-hydrogen) atoms. The molecule has 0 atom stereocenters. The van der Waals surface area contributed by atoms with E-state index >= 15 is 0 Å². The van der Waals surface area contributed by atoms with Gasteiger partial charge in [0.15, 0.2) is 11.5 Å². The largest absolute Gasteiger partial charge is 0.454 e. The number of hydrogen-bond acceptors (Lipinski definition) is 8. The monoisotopic (exact) mass is 619 g/mol. The van der Waals surface area contributed by atoms with E-state index in [4.69, 9.17) is 21.1 Å². The number of nitro groups is 1. The van der Waals surface area contributed by atoms with Gasteiger partial charge < -0.3 is 14.0 Å². The SMILES string of the molecule is Cc1cc(/C=C2\SC(=O)N(Cc3cc4c(cc3Cl)OCO4)C2=O)c(C)n1-c1ccc(Sc2ccc([N+](=O)[O-])cc2)cc1. The Morgan fingerprint density at radius 3 is 2.31 bits per heavy atom. The summed E-state index contributed by atoms with van der Waals surface area (Å²) >= 11 is 8.80. The summed E-state index contributed by atoms with van der Waals surface area (Å²) in [6, 6.07) is 19.7. The molecule has 3 aromatic carbocycles. The molecule has 6 rings (SSSR count). The first-order valence-electron chi connectivity index (χ1n) is 12.7. The molecule has 1 fully saturated rings. The molecule has 0 bridgehead atoms. The van der Waals surface area contributed by atoms with Gasteiger partial charge in [0.05, 0.1) is 16.4 Å². The zero-order chi connectivity index (χ0) is 29.5. The first kappa shape index (κ1) is 28.0. The summed E-state index contributed by atoms with van der Waals surface area (Å²) in [4.78, 5) is 40.0. The molecule has 4 aromatic rings. The van der Waals surface area contributed by atoms with Crippen LogP contribution in [0.25, 0.3) is 11.8 Å². The van der Waals surface area contributed by atoms with Crippen LogP contribution < -0.4 is 9.47 Å². The molecule has 0 unspecified atom stereocenters. The third kappa shape index (κ3) is 5.38. The van der Waals surface area contributed by atoms with Crippen LogP contribution >= 0.6 is 35.1 Å². The van der Waals surface area contributed by atoms with Crippen LogP contribution in [-0.4, -0.2) is 32.3 Å². The molecule has 0 N–H and O–H groups in total. The van der Waals surface area contributed by atoms with E-state index < -0.39 is 4.92 Å². The topological polar surface area (TPSA) is 104 Å². The van der Waals surface area contributed by atoms with E-state index in [0.29, 0.717) is 27.0 Å². The van der Waals surface area contributed by atoms with Crippen LogP contribution in [0, 0.1) is 24.0 Å². The maximum Gasteiger partial charge on any atom is 0.293 e. The summed E-state index contributed by atoms with van der Waals surface area (Å²) in [5, 5.41) is 10.9. The fraction of sp³-hybridized carbons (Fsp3) is 0.133. The number of ether oxygens (including phenoxy) is 2. The standard InChI is InChI=1S/C30H22ClN3O6S2/c1-17-11-19(13-28-29(35)32(30(36)42-28)15-20-12-26-27(14-25(20)31)40-16-39-26)18(2)33(17)21-3-7-23(8-4-21)41-24-9-5-22(6-10-24)34(37)38/h3-14H,15-16H2,1-2H3/b28-13-. The Kier molecular flexibility index (Phi) is 7.48. The quantitative estimate of drug-likeness (QED) is 0.117. The number of benzene rings is 3. The average Bonchev–Trinajstić information content (AvgIpc) is 3.61. The Morgan fingerprint density at radius 1 is 1.00 bits per heavy atom. The van der Waals surface area contributed by atoms with E-state index in [1.165, 1.54) is 28.8 Å². The zero-order valence-corrected chi connectivity index (χ0v) is 24.7. The molecule has 0 spiro atoms. The second-order valence-electron chi connectivity index (χ2n) is 9.57. The lowest BCUT2D eigenvalue weighted by Crippen LogP contribution is -2.27. The predicted molar refractivity (Wildman–Crippen MR) is 162 cm³/mol. The molecule has 0 aliphatic carbocycles. The van der Waals surface area contributed by atoms with Gasteiger partial charge >= 0.3 is 0 Å². The van der Waals surface area contributed by atoms with Gasteiger partial charge in [0, 0.05) is 50.1 Å². The third-order valence-electron chi connectivity index (χ3n) is 6.88. The van der Waals surface area contributed by atoms with Gasteiger partial charge in [0.25, 0.3) is 16.8 Å². The van der Waals surface area contributed by atoms with Gasteiger partial charge in [0.2, 0.25) is 6.79 Å². The summed E-state index contributed by atoms with van der Waals surface area (Å²) in [5.74, 6) is 0.685. The number of halogens is 1. The summed E-state index contributed by atoms with van der Waals surface area (Å²) in [6.07, 6.45) is 1.75. The molecular formula is C30H22ClN3O6S2. The minimum Gasteiger partial charge on any atom is -0.454 e. The number of imide groups is 1. The van der Waals surface area contributed by atoms with Crippen molar-refractivity contribution in [3.63, 3.8) is 0 Å². The fourth-order valence-electron chi connectivity index (χ4n) is 4.79. The molecule has 0 radical (unpaired) electrons. The molecule has 3 heterocycles. The number of non-ortho nitro benzene ring substituents is 1. The summed E-state index contributed by atoms with van der Waals surface area (Å²) in [5.41, 5.74) is 4.34. The van der Waals surface area contributed by atoms with Crippen molar-refractivity contribution in [3.05, 3.63) is 109 Å². The maximum absolute atomic E-state index is 13.3. The number of fused-ring (bicyclic) bond motifs is 1. The number of carbonyl (C=O) groups excluding carboxylic acids is 2. The minimum absolute atomic E-state index is 0.0285. The molecule has 212 valence electrons. The summed E-state index contributed by atoms with van der Waals surface area (Å²) in [7, 11) is 0. The van der Waals surface area contributed by atoms with Gasteiger partial charge in [-0.3, -0.25) is 24.6 Å². The van der Waals surface area contributed by atoms with Crippen molar-refractivity contribution in [3.8, 4) is 17.2 Å². The van der Waals surface area contributed by atoms with Crippen molar-refractivity contribution in [2.45, 2.75) is 30.2 Å². The van der Waals surface area contributed by atoms with Gasteiger partial charge in [-0.15, -0.1) is 0 Å². The second kappa shape index (κ2) is 11.2. The normalized spacial score (nSPS) is 15.2. The summed E-state index contributed by atoms with van der Waals surface area (Å²) in [6.45, 7) is 4.08. The van der Waals surface area contributed by atoms with Crippen LogP contribution in [0.3, 0.4) is 0 Å². The van der Waals surface area contributed by atoms with Crippen LogP contribution in [-0.2, 0) is 11.3 Å². The maximum atomic E-state index is 13.3. The number of amides is 2. The molecule has 12 heteroatoms. The molecule has 9 nitrogen and oxygen atoms in total. The van der Waals surface area contributed by atoms with Crippen molar-refractivity contribution in [2.75, 3.05) is 6.79 Å². The van der Waals surface area contributed by atoms with Gasteiger partial charge in [-0.1, -0.05) is 23.4 Å². The lowest BCUT2D eigenvalue weighted by Gasteiger charge is -2.14. The smallest absolute Gasteiger partial charge is 0.293 e. The van der Waals surface area contributed by atoms with Gasteiger partial charge in [-0.05, 0) is 91.3 Å². The molecule has 2 amide bonds. The van der Waals surface area contributed by atoms with E-state index in [2.05, 4.69) is 4.57 Å². The Balaban J connectivity index is 1.19. The Morgan fingerprint density at radius 2 is 1.64 bits per heavy atom. The number of aryl methyl sites for hydroxylation is 1.